The third-order valence-electron chi connectivity index (χ3n) is 17.4. The van der Waals surface area contributed by atoms with Crippen molar-refractivity contribution in [3.05, 3.63) is 225 Å². The van der Waals surface area contributed by atoms with Crippen LogP contribution in [0.15, 0.2) is 95.8 Å². The summed E-state index contributed by atoms with van der Waals surface area (Å²) in [6.07, 6.45) is -0.706. The zero-order valence-corrected chi connectivity index (χ0v) is 86.1. The molecule has 133 heavy (non-hydrogen) atoms. The number of benzene rings is 7. The fraction of sp³-hybridized carbons (Fsp3) is 0.305. The van der Waals surface area contributed by atoms with Crippen molar-refractivity contribution in [2.45, 2.75) is 90.0 Å². The molecular weight excluding hydrogens is 2210 g/mol. The first kappa shape index (κ1) is 124. The number of nitrogens with two attached hydrogens (primary N) is 4. The molecule has 51 heteroatoms. The van der Waals surface area contributed by atoms with Gasteiger partial charge in [0.1, 0.15) is 70.3 Å². The van der Waals surface area contributed by atoms with Crippen LogP contribution in [0.3, 0.4) is 0 Å². The summed E-state index contributed by atoms with van der Waals surface area (Å²) in [6, 6.07) is 25.9. The number of aryl methyl sites for hydroxylation is 10. The van der Waals surface area contributed by atoms with Crippen LogP contribution in [0.5, 0.6) is 0 Å². The van der Waals surface area contributed by atoms with Gasteiger partial charge in [-0.3, -0.25) is 20.1 Å². The summed E-state index contributed by atoms with van der Waals surface area (Å²) in [6.45, 7) is 35.4. The van der Waals surface area contributed by atoms with Crippen molar-refractivity contribution >= 4 is 236 Å². The van der Waals surface area contributed by atoms with Crippen LogP contribution in [0.2, 0.25) is 5.28 Å². The predicted molar refractivity (Wildman–Crippen MR) is 527 cm³/mol. The standard InChI is InChI=1S/C16H19FN6.C11H8ClFN4.C11H9FN4O.C11H11FN2O2.C8H7FN2.C7H7FIN.C7H8FN.C5H12N2.C3H5ClO2.C2H6N2O.CN.Cl3OP.ClI.2ClH.Cu/c1-10-8-12-14(9-13(10)17)19-16(22-6-4-21(3)5-7-22)23-15(12)18-11(2)20-23;1-5-3-7-9(4-8(5)13)15-11(12)17-10(7)14-6(2)16-17;1-5-3-7-9(4-8(5)12)14-11(17)16-10(7)13-6(2)15-16;1-3-16-11(15)14-10-5-9(12)7(2)4-8(10)6-13;1-5-2-6(4-10)8(11)3-7(5)9;1-4-2-6(9)7(10)3-5(4)8;1-5-2-3-6(9)4-7(5)8;1-7-4-2-6-3-5-7;1-2-6-3(4)5;1-2(5)4-3;1-2;1-5(2,3)4;1-2;;;/h8-9H,4-7H2,1-3H3;3-4H,1-2H3;3-4H,1-2H3,(H,14,17);4-5H,3H2,1-2H3,(H,14,15);2-3H,11H2,1H3;2-3H,10H2,1H3;2-4H,9H2,1H3;6H,2-5H2,1H3;2H2,1H3;3H2,1H3,(H,4,5);;;;2*1H;/q;;;;;;;;;;-1;;;;;+1. The minimum Gasteiger partial charge on any atom is -0.512 e. The molecule has 32 nitrogen and oxygen atoms in total. The Labute approximate surface area is 840 Å². The number of nitrogen functional groups attached to an aromatic ring is 3. The van der Waals surface area contributed by atoms with Crippen molar-refractivity contribution in [1.82, 2.24) is 79.3 Å². The first-order valence-corrected chi connectivity index (χ1v) is 47.0. The number of amides is 2. The third-order valence-corrected chi connectivity index (χ3v) is 18.7. The van der Waals surface area contributed by atoms with Crippen LogP contribution < -0.4 is 49.7 Å². The van der Waals surface area contributed by atoms with E-state index < -0.39 is 28.2 Å². The summed E-state index contributed by atoms with van der Waals surface area (Å²) in [7, 11) is 8.87. The van der Waals surface area contributed by atoms with Gasteiger partial charge in [0, 0.05) is 136 Å². The average Bonchev–Trinajstić information content (AvgIpc) is 1.67. The van der Waals surface area contributed by atoms with E-state index in [9.17, 15) is 54.5 Å². The molecule has 0 atom stereocenters. The van der Waals surface area contributed by atoms with E-state index in [1.807, 2.05) is 24.5 Å². The smallest absolute Gasteiger partial charge is 0.512 e. The van der Waals surface area contributed by atoms with Gasteiger partial charge in [-0.15, -0.1) is 40.1 Å². The van der Waals surface area contributed by atoms with Crippen LogP contribution in [0.25, 0.3) is 49.7 Å². The van der Waals surface area contributed by atoms with Crippen LogP contribution in [-0.4, -0.2) is 166 Å². The molecule has 0 bridgehead atoms. The molecule has 0 spiro atoms. The number of likely N-dealkylation sites (N-methyl/N-ethyl adjacent to an activating group) is 2. The van der Waals surface area contributed by atoms with E-state index in [0.717, 1.165) is 77.3 Å². The van der Waals surface area contributed by atoms with Crippen molar-refractivity contribution in [2.24, 2.45) is 5.84 Å². The molecule has 13 aromatic rings. The van der Waals surface area contributed by atoms with Crippen LogP contribution >= 0.6 is 140 Å². The van der Waals surface area contributed by atoms with Gasteiger partial charge in [-0.25, -0.2) is 75.9 Å². The van der Waals surface area contributed by atoms with E-state index in [1.54, 1.807) is 139 Å². The van der Waals surface area contributed by atoms with E-state index in [4.69, 9.17) is 67.7 Å². The van der Waals surface area contributed by atoms with Gasteiger partial charge in [0.05, 0.1) is 52.3 Å². The number of nitrogens with zero attached hydrogens (tertiary/aromatic N) is 17. The number of carbonyl (C=O) groups is 3. The van der Waals surface area contributed by atoms with Crippen LogP contribution in [0.1, 0.15) is 88.3 Å². The van der Waals surface area contributed by atoms with Crippen LogP contribution in [0, 0.1) is 148 Å². The maximum atomic E-state index is 14.0. The van der Waals surface area contributed by atoms with E-state index in [-0.39, 0.29) is 112 Å². The summed E-state index contributed by atoms with van der Waals surface area (Å²) in [5.41, 5.74) is 25.6. The number of aromatic amines is 1. The number of carbonyl (C=O) groups excluding carboxylic acids is 3. The Kier molecular flexibility index (Phi) is 56.5. The topological polar surface area (TPSA) is 457 Å². The number of nitriles is 2. The number of anilines is 5. The van der Waals surface area contributed by atoms with Crippen LogP contribution in [0.4, 0.5) is 69.0 Å². The van der Waals surface area contributed by atoms with Crippen molar-refractivity contribution in [1.29, 1.82) is 15.8 Å². The first-order valence-electron chi connectivity index (χ1n) is 38.0. The zero-order chi connectivity index (χ0) is 98.5. The van der Waals surface area contributed by atoms with Gasteiger partial charge in [-0.2, -0.15) is 24.1 Å². The van der Waals surface area contributed by atoms with Gasteiger partial charge >= 0.3 is 39.5 Å². The maximum absolute atomic E-state index is 14.0. The molecule has 6 aromatic heterocycles. The van der Waals surface area contributed by atoms with Gasteiger partial charge < -0.3 is 63.5 Å². The second kappa shape index (κ2) is 60.8. The molecule has 0 aliphatic carbocycles. The Morgan fingerprint density at radius 2 is 0.947 bits per heavy atom. The molecular formula is C82H94Cl8CuF7I2N25O7P. The van der Waals surface area contributed by atoms with E-state index in [0.29, 0.717) is 113 Å². The van der Waals surface area contributed by atoms with E-state index in [1.165, 1.54) is 71.5 Å². The number of fused-ring (bicyclic) bond motifs is 9. The predicted octanol–water partition coefficient (Wildman–Crippen LogP) is 19.2. The zero-order valence-electron chi connectivity index (χ0n) is 73.7. The van der Waals surface area contributed by atoms with Crippen molar-refractivity contribution < 1.29 is 76.2 Å². The summed E-state index contributed by atoms with van der Waals surface area (Å²) >= 11 is 28.2. The van der Waals surface area contributed by atoms with Gasteiger partial charge in [-0.1, -0.05) is 6.07 Å². The first-order chi connectivity index (χ1) is 61.1. The Bertz CT molecular complexity index is 6250. The average molecular weight is 2310 g/mol. The number of aromatic nitrogens is 12. The fourth-order valence-electron chi connectivity index (χ4n) is 10.8. The molecule has 2 fully saturated rings. The van der Waals surface area contributed by atoms with Gasteiger partial charge in [0.15, 0.2) is 16.9 Å². The molecule has 15 rings (SSSR count). The third kappa shape index (κ3) is 40.5. The minimum absolute atomic E-state index is 0. The number of H-pyrrole nitrogens is 1. The van der Waals surface area contributed by atoms with E-state index in [2.05, 4.69) is 160 Å². The monoisotopic (exact) mass is 2300 g/mol. The number of piperazine rings is 2. The normalized spacial score (nSPS) is 11.5. The molecule has 2 amide bonds. The quantitative estimate of drug-likeness (QED) is 0.00693. The van der Waals surface area contributed by atoms with Crippen LogP contribution in [-0.2, 0) is 35.9 Å². The van der Waals surface area contributed by atoms with E-state index >= 15 is 0 Å². The molecule has 0 saturated carbocycles. The summed E-state index contributed by atoms with van der Waals surface area (Å²) in [5.74, 6) is 4.66. The molecule has 0 radical (unpaired) electrons. The second-order valence-electron chi connectivity index (χ2n) is 27.4. The summed E-state index contributed by atoms with van der Waals surface area (Å²) in [4.78, 5) is 73.1. The number of ether oxygens (including phenoxy) is 2. The molecule has 724 valence electrons. The number of hydrazine groups is 1. The van der Waals surface area contributed by atoms with Crippen molar-refractivity contribution in [3.8, 4) is 12.1 Å². The van der Waals surface area contributed by atoms with Gasteiger partial charge in [0.2, 0.25) is 17.1 Å². The largest absolute Gasteiger partial charge is 1.00 e. The molecule has 0 unspecified atom stereocenters. The minimum atomic E-state index is -3.22. The Balaban J connectivity index is 0.00000148. The number of nitrogens with one attached hydrogen (secondary N) is 4. The maximum Gasteiger partial charge on any atom is 1.00 e. The second-order valence-corrected chi connectivity index (χ2v) is 35.9. The molecule has 8 heterocycles. The molecule has 2 aliphatic heterocycles. The Morgan fingerprint density at radius 3 is 1.38 bits per heavy atom. The number of hydrogen-bond donors (Lipinski definition) is 8. The summed E-state index contributed by atoms with van der Waals surface area (Å²) < 4.78 is 116. The number of hydrogen-bond acceptors (Lipinski definition) is 26. The molecule has 12 N–H and O–H groups in total. The van der Waals surface area contributed by atoms with Crippen molar-refractivity contribution in [2.75, 3.05) is 107 Å². The van der Waals surface area contributed by atoms with Crippen molar-refractivity contribution in [3.63, 3.8) is 0 Å². The Hall–Kier alpha value is -9.47. The van der Waals surface area contributed by atoms with Gasteiger partial charge in [0.25, 0.3) is 0 Å². The number of halogens is 17. The number of rotatable bonds is 4. The molecule has 2 aliphatic rings. The fourth-order valence-corrected chi connectivity index (χ4v) is 11.8. The van der Waals surface area contributed by atoms with Gasteiger partial charge in [-0.05, 0) is 286 Å². The molecule has 2 saturated heterocycles. The summed E-state index contributed by atoms with van der Waals surface area (Å²) in [5, 5.41) is 41.0. The Morgan fingerprint density at radius 1 is 0.556 bits per heavy atom. The SMILES string of the molecule is CC(=O)NN.CCOC(=O)Cl.CCOC(=O)Nc1cc(F)c(C)cc1C#N.CN1CCNCC1.Cc1cc(C#N)c(N)cc1F.Cc1cc(I)c(N)cc1F.Cc1ccc(N)cc1F.Cc1nc2c3cc(C)c(F)cc3[nH]c(=O)n2n1.Cc1nc2c3cc(C)c(F)cc3nc(Cl)n2n1.Cc1nc2c3cc(C)c(F)cc3nc(N3CCN(C)CC3)n2n1.Cl.Cl.ClI.O=P(Cl)(Cl)Cl.[C-]#N.[Cu+]. The molecule has 7 aromatic carbocycles.